The number of hydrogen-bond acceptors (Lipinski definition) is 5. The van der Waals surface area contributed by atoms with Crippen molar-refractivity contribution in [3.63, 3.8) is 0 Å². The molecule has 0 unspecified atom stereocenters. The van der Waals surface area contributed by atoms with Gasteiger partial charge in [-0.3, -0.25) is 0 Å². The van der Waals surface area contributed by atoms with Gasteiger partial charge in [0.1, 0.15) is 0 Å². The third-order valence-electron chi connectivity index (χ3n) is 11.1. The Morgan fingerprint density at radius 3 is 1.81 bits per heavy atom. The molecule has 0 bridgehead atoms. The molecular formula is C51H30N4S2. The molecule has 0 spiro atoms. The molecule has 0 saturated carbocycles. The molecule has 12 aromatic rings. The smallest absolute Gasteiger partial charge is 0.166 e. The average Bonchev–Trinajstić information content (AvgIpc) is 3.96. The summed E-state index contributed by atoms with van der Waals surface area (Å²) in [5.74, 6) is 1.92. The van der Waals surface area contributed by atoms with Crippen LogP contribution in [0.3, 0.4) is 0 Å². The zero-order chi connectivity index (χ0) is 37.5. The molecule has 8 aromatic carbocycles. The van der Waals surface area contributed by atoms with E-state index in [9.17, 15) is 0 Å². The van der Waals surface area contributed by atoms with Crippen molar-refractivity contribution in [1.82, 2.24) is 19.5 Å². The van der Waals surface area contributed by atoms with Gasteiger partial charge in [-0.25, -0.2) is 15.0 Å². The van der Waals surface area contributed by atoms with Gasteiger partial charge in [-0.05, 0) is 41.5 Å². The Bertz CT molecular complexity index is 3530. The minimum atomic E-state index is 0.631. The quantitative estimate of drug-likeness (QED) is 0.175. The molecule has 0 radical (unpaired) electrons. The number of fused-ring (bicyclic) bond motifs is 10. The van der Waals surface area contributed by atoms with E-state index in [-0.39, 0.29) is 0 Å². The molecular weight excluding hydrogens is 733 g/mol. The molecule has 4 nitrogen and oxygen atoms in total. The highest BCUT2D eigenvalue weighted by atomic mass is 32.1. The van der Waals surface area contributed by atoms with Crippen LogP contribution >= 0.6 is 22.7 Å². The third-order valence-corrected chi connectivity index (χ3v) is 13.5. The SMILES string of the molecule is c1ccc(-c2nc(-c3ccc4c(c3)sc3ccccc34)nc(-c3ccccc3-n3c4ccccc4c4ccc5c6cccc(-c7ccccc7)c6sc5c43)n2)cc1. The second kappa shape index (κ2) is 12.8. The fraction of sp³-hybridized carbons (Fsp3) is 0. The molecule has 12 rings (SSSR count). The summed E-state index contributed by atoms with van der Waals surface area (Å²) in [6.45, 7) is 0. The Hall–Kier alpha value is -6.99. The number of aromatic nitrogens is 4. The monoisotopic (exact) mass is 762 g/mol. The molecule has 0 atom stereocenters. The second-order valence-electron chi connectivity index (χ2n) is 14.3. The highest BCUT2D eigenvalue weighted by Crippen LogP contribution is 2.46. The first-order chi connectivity index (χ1) is 28.3. The van der Waals surface area contributed by atoms with E-state index >= 15 is 0 Å². The topological polar surface area (TPSA) is 43.6 Å². The highest BCUT2D eigenvalue weighted by Gasteiger charge is 2.22. The van der Waals surface area contributed by atoms with E-state index in [0.29, 0.717) is 17.5 Å². The third kappa shape index (κ3) is 5.08. The van der Waals surface area contributed by atoms with E-state index in [2.05, 4.69) is 168 Å². The lowest BCUT2D eigenvalue weighted by molar-refractivity contribution is 1.07. The molecule has 4 aromatic heterocycles. The number of thiophene rings is 2. The van der Waals surface area contributed by atoms with Gasteiger partial charge in [0.25, 0.3) is 0 Å². The number of hydrogen-bond donors (Lipinski definition) is 0. The number of nitrogens with zero attached hydrogens (tertiary/aromatic N) is 4. The maximum atomic E-state index is 5.30. The lowest BCUT2D eigenvalue weighted by Crippen LogP contribution is -2.03. The molecule has 0 aliphatic carbocycles. The zero-order valence-electron chi connectivity index (χ0n) is 30.4. The Labute approximate surface area is 335 Å². The Kier molecular flexibility index (Phi) is 7.24. The maximum Gasteiger partial charge on any atom is 0.166 e. The van der Waals surface area contributed by atoms with E-state index in [1.54, 1.807) is 11.3 Å². The fourth-order valence-electron chi connectivity index (χ4n) is 8.46. The number of benzene rings is 8. The summed E-state index contributed by atoms with van der Waals surface area (Å²) in [4.78, 5) is 15.7. The van der Waals surface area contributed by atoms with Crippen molar-refractivity contribution in [2.75, 3.05) is 0 Å². The van der Waals surface area contributed by atoms with Crippen LogP contribution in [0, 0.1) is 0 Å². The van der Waals surface area contributed by atoms with Crippen molar-refractivity contribution < 1.29 is 0 Å². The molecule has 0 amide bonds. The Morgan fingerprint density at radius 1 is 0.351 bits per heavy atom. The number of para-hydroxylation sites is 2. The summed E-state index contributed by atoms with van der Waals surface area (Å²) in [5, 5.41) is 7.48. The largest absolute Gasteiger partial charge is 0.307 e. The minimum Gasteiger partial charge on any atom is -0.307 e. The summed E-state index contributed by atoms with van der Waals surface area (Å²) in [6.07, 6.45) is 0. The molecule has 6 heteroatoms. The van der Waals surface area contributed by atoms with Crippen molar-refractivity contribution >= 4 is 84.8 Å². The van der Waals surface area contributed by atoms with Crippen molar-refractivity contribution in [3.8, 4) is 51.0 Å². The first-order valence-electron chi connectivity index (χ1n) is 19.0. The summed E-state index contributed by atoms with van der Waals surface area (Å²) < 4.78 is 7.48. The van der Waals surface area contributed by atoms with Crippen LogP contribution in [0.4, 0.5) is 0 Å². The maximum absolute atomic E-state index is 5.30. The Balaban J connectivity index is 1.12. The second-order valence-corrected chi connectivity index (χ2v) is 16.4. The molecule has 266 valence electrons. The van der Waals surface area contributed by atoms with Crippen LogP contribution in [0.1, 0.15) is 0 Å². The van der Waals surface area contributed by atoms with Gasteiger partial charge in [0.15, 0.2) is 17.5 Å². The van der Waals surface area contributed by atoms with Gasteiger partial charge in [0.05, 0.1) is 21.4 Å². The zero-order valence-corrected chi connectivity index (χ0v) is 32.1. The summed E-state index contributed by atoms with van der Waals surface area (Å²) in [6, 6.07) is 64.8. The predicted molar refractivity (Wildman–Crippen MR) is 242 cm³/mol. The van der Waals surface area contributed by atoms with Gasteiger partial charge in [-0.1, -0.05) is 152 Å². The van der Waals surface area contributed by atoms with Crippen molar-refractivity contribution in [2.24, 2.45) is 0 Å². The standard InChI is InChI=1S/C51H30N4S2/c1-3-14-31(15-4-1)34-21-13-22-39-40-29-28-38-35-18-7-10-23-42(35)55(46(38)48(40)57-47(34)39)43-24-11-8-20-41(43)51-53-49(32-16-5-2-6-17-32)52-50(54-51)33-26-27-37-36-19-9-12-25-44(36)56-45(37)30-33/h1-30H. The van der Waals surface area contributed by atoms with Crippen molar-refractivity contribution in [1.29, 1.82) is 0 Å². The molecule has 0 saturated heterocycles. The van der Waals surface area contributed by atoms with E-state index in [1.807, 2.05) is 29.5 Å². The lowest BCUT2D eigenvalue weighted by Gasteiger charge is -2.15. The van der Waals surface area contributed by atoms with E-state index in [0.717, 1.165) is 27.9 Å². The van der Waals surface area contributed by atoms with Gasteiger partial charge < -0.3 is 4.57 Å². The molecule has 0 N–H and O–H groups in total. The van der Waals surface area contributed by atoms with Crippen LogP contribution in [0.5, 0.6) is 0 Å². The van der Waals surface area contributed by atoms with Crippen molar-refractivity contribution in [2.45, 2.75) is 0 Å². The minimum absolute atomic E-state index is 0.631. The normalized spacial score (nSPS) is 11.9. The molecule has 57 heavy (non-hydrogen) atoms. The molecule has 0 aliphatic heterocycles. The molecule has 4 heterocycles. The highest BCUT2D eigenvalue weighted by molar-refractivity contribution is 7.27. The van der Waals surface area contributed by atoms with E-state index < -0.39 is 0 Å². The molecule has 0 aliphatic rings. The van der Waals surface area contributed by atoms with Crippen LogP contribution in [0.25, 0.3) is 113 Å². The van der Waals surface area contributed by atoms with Crippen molar-refractivity contribution in [3.05, 3.63) is 182 Å². The Morgan fingerprint density at radius 2 is 0.947 bits per heavy atom. The number of rotatable bonds is 5. The van der Waals surface area contributed by atoms with E-state index in [1.165, 1.54) is 67.8 Å². The van der Waals surface area contributed by atoms with Gasteiger partial charge in [0, 0.05) is 63.1 Å². The summed E-state index contributed by atoms with van der Waals surface area (Å²) >= 11 is 3.68. The predicted octanol–water partition coefficient (Wildman–Crippen LogP) is 14.4. The van der Waals surface area contributed by atoms with E-state index in [4.69, 9.17) is 15.0 Å². The summed E-state index contributed by atoms with van der Waals surface area (Å²) in [7, 11) is 0. The fourth-order valence-corrected chi connectivity index (χ4v) is 11.0. The average molecular weight is 763 g/mol. The van der Waals surface area contributed by atoms with Crippen LogP contribution < -0.4 is 0 Å². The van der Waals surface area contributed by atoms with Gasteiger partial charge in [-0.15, -0.1) is 22.7 Å². The van der Waals surface area contributed by atoms with Crippen LogP contribution in [0.2, 0.25) is 0 Å². The first-order valence-corrected chi connectivity index (χ1v) is 20.7. The lowest BCUT2D eigenvalue weighted by atomic mass is 10.0. The molecule has 0 fully saturated rings. The first kappa shape index (κ1) is 32.3. The van der Waals surface area contributed by atoms with Gasteiger partial charge in [-0.2, -0.15) is 0 Å². The van der Waals surface area contributed by atoms with Crippen LogP contribution in [-0.2, 0) is 0 Å². The van der Waals surface area contributed by atoms with Crippen LogP contribution in [0.15, 0.2) is 182 Å². The van der Waals surface area contributed by atoms with Gasteiger partial charge >= 0.3 is 0 Å². The van der Waals surface area contributed by atoms with Gasteiger partial charge in [0.2, 0.25) is 0 Å². The summed E-state index contributed by atoms with van der Waals surface area (Å²) in [5.41, 5.74) is 8.68. The van der Waals surface area contributed by atoms with Crippen LogP contribution in [-0.4, -0.2) is 19.5 Å².